The van der Waals surface area contributed by atoms with Gasteiger partial charge in [0.25, 0.3) is 0 Å². The summed E-state index contributed by atoms with van der Waals surface area (Å²) >= 11 is 6.12. The van der Waals surface area contributed by atoms with Crippen LogP contribution in [0.1, 0.15) is 12.5 Å². The van der Waals surface area contributed by atoms with E-state index in [2.05, 4.69) is 10.3 Å². The number of amides is 1. The second kappa shape index (κ2) is 7.65. The van der Waals surface area contributed by atoms with Crippen LogP contribution in [0.25, 0.3) is 0 Å². The third kappa shape index (κ3) is 4.47. The monoisotopic (exact) mass is 332 g/mol. The van der Waals surface area contributed by atoms with E-state index in [1.54, 1.807) is 44.7 Å². The molecule has 0 unspecified atom stereocenters. The van der Waals surface area contributed by atoms with Gasteiger partial charge in [0.1, 0.15) is 11.5 Å². The van der Waals surface area contributed by atoms with Crippen molar-refractivity contribution in [1.29, 1.82) is 0 Å². The van der Waals surface area contributed by atoms with E-state index in [0.29, 0.717) is 27.9 Å². The van der Waals surface area contributed by atoms with Crippen LogP contribution in [-0.4, -0.2) is 26.3 Å². The van der Waals surface area contributed by atoms with Crippen LogP contribution >= 0.6 is 11.6 Å². The maximum absolute atomic E-state index is 11.1. The van der Waals surface area contributed by atoms with Crippen LogP contribution in [0.2, 0.25) is 5.02 Å². The van der Waals surface area contributed by atoms with Gasteiger partial charge in [0.2, 0.25) is 5.91 Å². The number of halogens is 1. The van der Waals surface area contributed by atoms with Gasteiger partial charge in [-0.15, -0.1) is 0 Å². The van der Waals surface area contributed by atoms with E-state index >= 15 is 0 Å². The Morgan fingerprint density at radius 1 is 1.17 bits per heavy atom. The molecule has 0 spiro atoms. The maximum Gasteiger partial charge on any atom is 0.221 e. The fraction of sp³-hybridized carbons (Fsp3) is 0.176. The highest BCUT2D eigenvalue weighted by Crippen LogP contribution is 2.28. The summed E-state index contributed by atoms with van der Waals surface area (Å²) in [6, 6.07) is 10.6. The van der Waals surface area contributed by atoms with E-state index in [0.717, 1.165) is 5.56 Å². The predicted octanol–water partition coefficient (Wildman–Crippen LogP) is 4.07. The number of anilines is 1. The molecule has 1 N–H and O–H groups in total. The number of hydrogen-bond donors (Lipinski definition) is 1. The Morgan fingerprint density at radius 2 is 1.96 bits per heavy atom. The second-order valence-corrected chi connectivity index (χ2v) is 5.12. The fourth-order valence-electron chi connectivity index (χ4n) is 1.94. The van der Waals surface area contributed by atoms with Crippen LogP contribution in [0.15, 0.2) is 41.4 Å². The van der Waals surface area contributed by atoms with Crippen LogP contribution in [-0.2, 0) is 4.79 Å². The minimum atomic E-state index is -0.175. The van der Waals surface area contributed by atoms with Crippen molar-refractivity contribution in [3.05, 3.63) is 47.0 Å². The molecule has 0 aromatic heterocycles. The van der Waals surface area contributed by atoms with Gasteiger partial charge in [0.15, 0.2) is 0 Å². The van der Waals surface area contributed by atoms with Crippen LogP contribution in [0, 0.1) is 0 Å². The average molecular weight is 333 g/mol. The summed E-state index contributed by atoms with van der Waals surface area (Å²) < 4.78 is 10.5. The lowest BCUT2D eigenvalue weighted by atomic mass is 10.2. The zero-order chi connectivity index (χ0) is 16.8. The van der Waals surface area contributed by atoms with E-state index in [9.17, 15) is 4.79 Å². The Balaban J connectivity index is 2.23. The number of methoxy groups -OCH3 is 2. The lowest BCUT2D eigenvalue weighted by molar-refractivity contribution is -0.114. The molecule has 0 saturated carbocycles. The molecule has 0 aliphatic heterocycles. The molecule has 0 aliphatic carbocycles. The smallest absolute Gasteiger partial charge is 0.221 e. The molecule has 2 aromatic rings. The summed E-state index contributed by atoms with van der Waals surface area (Å²) in [6.07, 6.45) is 1.68. The van der Waals surface area contributed by atoms with Crippen LogP contribution in [0.3, 0.4) is 0 Å². The topological polar surface area (TPSA) is 59.9 Å². The van der Waals surface area contributed by atoms with Gasteiger partial charge >= 0.3 is 0 Å². The molecule has 23 heavy (non-hydrogen) atoms. The SMILES string of the molecule is COc1ccc(C=Nc2ccc(NC(C)=O)c(Cl)c2)c(OC)c1. The molecule has 1 amide bonds. The molecule has 6 heteroatoms. The zero-order valence-corrected chi connectivity index (χ0v) is 13.8. The van der Waals surface area contributed by atoms with Crippen molar-refractivity contribution in [3.8, 4) is 11.5 Å². The van der Waals surface area contributed by atoms with E-state index in [4.69, 9.17) is 21.1 Å². The molecule has 0 saturated heterocycles. The molecule has 0 heterocycles. The molecule has 0 aliphatic rings. The standard InChI is InChI=1S/C17H17ClN2O3/c1-11(21)20-16-7-5-13(8-15(16)18)19-10-12-4-6-14(22-2)9-17(12)23-3/h4-10H,1-3H3,(H,20,21). The van der Waals surface area contributed by atoms with Crippen molar-refractivity contribution in [2.45, 2.75) is 6.92 Å². The van der Waals surface area contributed by atoms with E-state index in [-0.39, 0.29) is 5.91 Å². The fourth-order valence-corrected chi connectivity index (χ4v) is 2.17. The van der Waals surface area contributed by atoms with Gasteiger partial charge in [0.05, 0.1) is 30.6 Å². The van der Waals surface area contributed by atoms with E-state index in [1.807, 2.05) is 12.1 Å². The van der Waals surface area contributed by atoms with Crippen LogP contribution < -0.4 is 14.8 Å². The Kier molecular flexibility index (Phi) is 5.60. The quantitative estimate of drug-likeness (QED) is 0.840. The van der Waals surface area contributed by atoms with Gasteiger partial charge in [-0.2, -0.15) is 0 Å². The second-order valence-electron chi connectivity index (χ2n) is 4.71. The Bertz CT molecular complexity index is 745. The molecule has 2 rings (SSSR count). The number of rotatable bonds is 5. The van der Waals surface area contributed by atoms with Gasteiger partial charge in [0, 0.05) is 24.8 Å². The number of nitrogens with zero attached hydrogens (tertiary/aromatic N) is 1. The highest BCUT2D eigenvalue weighted by atomic mass is 35.5. The third-order valence-corrected chi connectivity index (χ3v) is 3.37. The number of nitrogens with one attached hydrogen (secondary N) is 1. The number of hydrogen-bond acceptors (Lipinski definition) is 4. The average Bonchev–Trinajstić information content (AvgIpc) is 2.54. The molecular weight excluding hydrogens is 316 g/mol. The van der Waals surface area contributed by atoms with Crippen molar-refractivity contribution >= 4 is 35.1 Å². The maximum atomic E-state index is 11.1. The number of carbonyl (C=O) groups is 1. The van der Waals surface area contributed by atoms with Gasteiger partial charge in [-0.3, -0.25) is 9.79 Å². The van der Waals surface area contributed by atoms with E-state index < -0.39 is 0 Å². The summed E-state index contributed by atoms with van der Waals surface area (Å²) in [5.74, 6) is 1.20. The molecule has 2 aromatic carbocycles. The Morgan fingerprint density at radius 3 is 2.57 bits per heavy atom. The molecule has 120 valence electrons. The lowest BCUT2D eigenvalue weighted by Crippen LogP contribution is -2.05. The molecule has 0 radical (unpaired) electrons. The first-order chi connectivity index (χ1) is 11.0. The summed E-state index contributed by atoms with van der Waals surface area (Å²) in [4.78, 5) is 15.4. The Hall–Kier alpha value is -2.53. The Labute approximate surface area is 139 Å². The minimum absolute atomic E-state index is 0.175. The molecule has 0 fully saturated rings. The molecule has 5 nitrogen and oxygen atoms in total. The van der Waals surface area contributed by atoms with Crippen molar-refractivity contribution in [2.24, 2.45) is 4.99 Å². The zero-order valence-electron chi connectivity index (χ0n) is 13.1. The minimum Gasteiger partial charge on any atom is -0.497 e. The van der Waals surface area contributed by atoms with Crippen molar-refractivity contribution in [1.82, 2.24) is 0 Å². The van der Waals surface area contributed by atoms with Crippen LogP contribution in [0.4, 0.5) is 11.4 Å². The van der Waals surface area contributed by atoms with Gasteiger partial charge in [-0.1, -0.05) is 11.6 Å². The van der Waals surface area contributed by atoms with E-state index in [1.165, 1.54) is 6.92 Å². The summed E-state index contributed by atoms with van der Waals surface area (Å²) in [6.45, 7) is 1.43. The molecule has 0 atom stereocenters. The third-order valence-electron chi connectivity index (χ3n) is 3.06. The number of ether oxygens (including phenoxy) is 2. The van der Waals surface area contributed by atoms with Crippen molar-refractivity contribution in [3.63, 3.8) is 0 Å². The number of aliphatic imine (C=N–C) groups is 1. The first kappa shape index (κ1) is 16.8. The predicted molar refractivity (Wildman–Crippen MR) is 92.6 cm³/mol. The first-order valence-electron chi connectivity index (χ1n) is 6.86. The highest BCUT2D eigenvalue weighted by molar-refractivity contribution is 6.34. The number of benzene rings is 2. The summed E-state index contributed by atoms with van der Waals surface area (Å²) in [5, 5.41) is 3.08. The highest BCUT2D eigenvalue weighted by Gasteiger charge is 2.05. The first-order valence-corrected chi connectivity index (χ1v) is 7.24. The largest absolute Gasteiger partial charge is 0.497 e. The summed E-state index contributed by atoms with van der Waals surface area (Å²) in [5.41, 5.74) is 2.04. The van der Waals surface area contributed by atoms with Crippen molar-refractivity contribution in [2.75, 3.05) is 19.5 Å². The number of carbonyl (C=O) groups excluding carboxylic acids is 1. The molecular formula is C17H17ClN2O3. The summed E-state index contributed by atoms with van der Waals surface area (Å²) in [7, 11) is 3.19. The van der Waals surface area contributed by atoms with Gasteiger partial charge in [-0.25, -0.2) is 0 Å². The van der Waals surface area contributed by atoms with Crippen molar-refractivity contribution < 1.29 is 14.3 Å². The lowest BCUT2D eigenvalue weighted by Gasteiger charge is -2.07. The van der Waals surface area contributed by atoms with Crippen LogP contribution in [0.5, 0.6) is 11.5 Å². The molecule has 0 bridgehead atoms. The van der Waals surface area contributed by atoms with Gasteiger partial charge in [-0.05, 0) is 30.3 Å². The van der Waals surface area contributed by atoms with Gasteiger partial charge < -0.3 is 14.8 Å². The normalized spacial score (nSPS) is 10.6.